The smallest absolute Gasteiger partial charge is 0.227 e. The third-order valence-corrected chi connectivity index (χ3v) is 3.51. The number of hydrogen-bond donors (Lipinski definition) is 1. The number of nitrogens with zero attached hydrogens (tertiary/aromatic N) is 2. The van der Waals surface area contributed by atoms with E-state index in [-0.39, 0.29) is 18.1 Å². The van der Waals surface area contributed by atoms with E-state index in [4.69, 9.17) is 9.26 Å². The number of carbonyl (C=O) groups excluding carboxylic acids is 1. The summed E-state index contributed by atoms with van der Waals surface area (Å²) >= 11 is 0. The van der Waals surface area contributed by atoms with Gasteiger partial charge in [0.15, 0.2) is 0 Å². The van der Waals surface area contributed by atoms with Crippen LogP contribution in [0.2, 0.25) is 0 Å². The molecule has 1 N–H and O–H groups in total. The maximum atomic E-state index is 12.8. The monoisotopic (exact) mass is 341 g/mol. The molecule has 0 aliphatic heterocycles. The van der Waals surface area contributed by atoms with Gasteiger partial charge in [-0.1, -0.05) is 17.3 Å². The van der Waals surface area contributed by atoms with E-state index in [1.54, 1.807) is 7.11 Å². The van der Waals surface area contributed by atoms with Crippen LogP contribution >= 0.6 is 0 Å². The molecular formula is C18H16FN3O3. The van der Waals surface area contributed by atoms with E-state index in [9.17, 15) is 9.18 Å². The molecule has 1 aromatic heterocycles. The lowest BCUT2D eigenvalue weighted by Gasteiger charge is -2.03. The Labute approximate surface area is 143 Å². The van der Waals surface area contributed by atoms with Crippen molar-refractivity contribution in [3.8, 4) is 17.1 Å². The zero-order valence-electron chi connectivity index (χ0n) is 13.5. The number of ether oxygens (including phenoxy) is 1. The van der Waals surface area contributed by atoms with Crippen LogP contribution in [0.1, 0.15) is 12.3 Å². The normalized spacial score (nSPS) is 10.5. The van der Waals surface area contributed by atoms with E-state index in [1.165, 1.54) is 24.3 Å². The van der Waals surface area contributed by atoms with Gasteiger partial charge in [0.05, 0.1) is 12.7 Å². The van der Waals surface area contributed by atoms with Crippen molar-refractivity contribution in [2.75, 3.05) is 12.4 Å². The van der Waals surface area contributed by atoms with Crippen molar-refractivity contribution in [1.29, 1.82) is 0 Å². The zero-order valence-corrected chi connectivity index (χ0v) is 13.5. The van der Waals surface area contributed by atoms with E-state index in [0.717, 1.165) is 5.56 Å². The summed E-state index contributed by atoms with van der Waals surface area (Å²) in [6.07, 6.45) is 0.472. The predicted octanol–water partition coefficient (Wildman–Crippen LogP) is 3.46. The highest BCUT2D eigenvalue weighted by atomic mass is 19.1. The Bertz CT molecular complexity index is 862. The quantitative estimate of drug-likeness (QED) is 0.743. The zero-order chi connectivity index (χ0) is 17.6. The molecule has 7 heteroatoms. The van der Waals surface area contributed by atoms with Crippen molar-refractivity contribution in [2.24, 2.45) is 0 Å². The Balaban J connectivity index is 1.60. The number of nitrogens with one attached hydrogen (secondary N) is 1. The first-order valence-corrected chi connectivity index (χ1v) is 7.67. The van der Waals surface area contributed by atoms with Crippen LogP contribution in [-0.4, -0.2) is 23.2 Å². The average Bonchev–Trinajstić information content (AvgIpc) is 3.11. The summed E-state index contributed by atoms with van der Waals surface area (Å²) in [6, 6.07) is 12.9. The summed E-state index contributed by atoms with van der Waals surface area (Å²) in [6.45, 7) is 0. The molecular weight excluding hydrogens is 325 g/mol. The van der Waals surface area contributed by atoms with Crippen LogP contribution in [0.15, 0.2) is 53.1 Å². The van der Waals surface area contributed by atoms with Crippen LogP contribution < -0.4 is 10.1 Å². The Morgan fingerprint density at radius 3 is 2.72 bits per heavy atom. The highest BCUT2D eigenvalue weighted by Crippen LogP contribution is 2.27. The van der Waals surface area contributed by atoms with Crippen molar-refractivity contribution < 1.29 is 18.4 Å². The molecule has 0 bridgehead atoms. The number of aryl methyl sites for hydroxylation is 1. The van der Waals surface area contributed by atoms with E-state index in [2.05, 4.69) is 15.5 Å². The number of carbonyl (C=O) groups is 1. The maximum Gasteiger partial charge on any atom is 0.227 e. The van der Waals surface area contributed by atoms with Gasteiger partial charge in [-0.2, -0.15) is 4.98 Å². The number of amides is 1. The van der Waals surface area contributed by atoms with Gasteiger partial charge in [-0.05, 0) is 36.4 Å². The van der Waals surface area contributed by atoms with E-state index < -0.39 is 0 Å². The van der Waals surface area contributed by atoms with Gasteiger partial charge in [0.1, 0.15) is 11.6 Å². The van der Waals surface area contributed by atoms with Crippen molar-refractivity contribution >= 4 is 11.6 Å². The van der Waals surface area contributed by atoms with Crippen molar-refractivity contribution in [1.82, 2.24) is 10.1 Å². The molecule has 0 fully saturated rings. The Hall–Kier alpha value is -3.22. The SMILES string of the molecule is COc1ccccc1-c1noc(CCC(=O)Nc2ccc(F)cc2)n1. The second kappa shape index (κ2) is 7.57. The third kappa shape index (κ3) is 4.20. The molecule has 3 aromatic rings. The summed E-state index contributed by atoms with van der Waals surface area (Å²) in [5.41, 5.74) is 1.25. The number of aromatic nitrogens is 2. The van der Waals surface area contributed by atoms with E-state index in [1.807, 2.05) is 24.3 Å². The summed E-state index contributed by atoms with van der Waals surface area (Å²) in [4.78, 5) is 16.2. The topological polar surface area (TPSA) is 77.2 Å². The van der Waals surface area contributed by atoms with Crippen molar-refractivity contribution in [2.45, 2.75) is 12.8 Å². The van der Waals surface area contributed by atoms with Gasteiger partial charge in [0.2, 0.25) is 17.6 Å². The third-order valence-electron chi connectivity index (χ3n) is 3.51. The first kappa shape index (κ1) is 16.6. The molecule has 1 heterocycles. The van der Waals surface area contributed by atoms with Crippen LogP contribution in [0.4, 0.5) is 10.1 Å². The van der Waals surface area contributed by atoms with Gasteiger partial charge in [-0.3, -0.25) is 4.79 Å². The second-order valence-electron chi connectivity index (χ2n) is 5.27. The molecule has 0 radical (unpaired) electrons. The molecule has 0 atom stereocenters. The minimum atomic E-state index is -0.354. The number of para-hydroxylation sites is 1. The van der Waals surface area contributed by atoms with Gasteiger partial charge in [-0.25, -0.2) is 4.39 Å². The molecule has 2 aromatic carbocycles. The first-order chi connectivity index (χ1) is 12.2. The number of anilines is 1. The summed E-state index contributed by atoms with van der Waals surface area (Å²) in [5, 5.41) is 6.61. The van der Waals surface area contributed by atoms with Crippen LogP contribution in [0.25, 0.3) is 11.4 Å². The molecule has 0 saturated heterocycles. The number of benzene rings is 2. The average molecular weight is 341 g/mol. The molecule has 0 spiro atoms. The molecule has 3 rings (SSSR count). The molecule has 0 saturated carbocycles. The number of methoxy groups -OCH3 is 1. The Morgan fingerprint density at radius 2 is 1.96 bits per heavy atom. The van der Waals surface area contributed by atoms with E-state index >= 15 is 0 Å². The van der Waals surface area contributed by atoms with Crippen molar-refractivity contribution in [3.63, 3.8) is 0 Å². The van der Waals surface area contributed by atoms with Crippen LogP contribution in [0.3, 0.4) is 0 Å². The largest absolute Gasteiger partial charge is 0.496 e. The fraction of sp³-hybridized carbons (Fsp3) is 0.167. The maximum absolute atomic E-state index is 12.8. The number of rotatable bonds is 6. The first-order valence-electron chi connectivity index (χ1n) is 7.67. The van der Waals surface area contributed by atoms with Gasteiger partial charge < -0.3 is 14.6 Å². The molecule has 0 aliphatic rings. The predicted molar refractivity (Wildman–Crippen MR) is 89.6 cm³/mol. The fourth-order valence-electron chi connectivity index (χ4n) is 2.27. The van der Waals surface area contributed by atoms with Crippen LogP contribution in [-0.2, 0) is 11.2 Å². The standard InChI is InChI=1S/C18H16FN3O3/c1-24-15-5-3-2-4-14(15)18-21-17(25-22-18)11-10-16(23)20-13-8-6-12(19)7-9-13/h2-9H,10-11H2,1H3,(H,20,23). The van der Waals surface area contributed by atoms with Gasteiger partial charge in [0.25, 0.3) is 0 Å². The van der Waals surface area contributed by atoms with Crippen LogP contribution in [0.5, 0.6) is 5.75 Å². The Morgan fingerprint density at radius 1 is 1.20 bits per heavy atom. The highest BCUT2D eigenvalue weighted by molar-refractivity contribution is 5.90. The summed E-state index contributed by atoms with van der Waals surface area (Å²) in [5.74, 6) is 0.835. The fourth-order valence-corrected chi connectivity index (χ4v) is 2.27. The van der Waals surface area contributed by atoms with Gasteiger partial charge >= 0.3 is 0 Å². The van der Waals surface area contributed by atoms with Gasteiger partial charge in [-0.15, -0.1) is 0 Å². The highest BCUT2D eigenvalue weighted by Gasteiger charge is 2.14. The summed E-state index contributed by atoms with van der Waals surface area (Å²) < 4.78 is 23.3. The lowest BCUT2D eigenvalue weighted by Crippen LogP contribution is -2.12. The molecule has 6 nitrogen and oxygen atoms in total. The lowest BCUT2D eigenvalue weighted by atomic mass is 10.2. The Kier molecular flexibility index (Phi) is 5.03. The number of halogens is 1. The van der Waals surface area contributed by atoms with Crippen molar-refractivity contribution in [3.05, 3.63) is 60.2 Å². The minimum Gasteiger partial charge on any atom is -0.496 e. The molecule has 0 aliphatic carbocycles. The lowest BCUT2D eigenvalue weighted by molar-refractivity contribution is -0.116. The van der Waals surface area contributed by atoms with Gasteiger partial charge in [0, 0.05) is 18.5 Å². The molecule has 25 heavy (non-hydrogen) atoms. The minimum absolute atomic E-state index is 0.172. The van der Waals surface area contributed by atoms with E-state index in [0.29, 0.717) is 29.6 Å². The number of hydrogen-bond acceptors (Lipinski definition) is 5. The molecule has 0 unspecified atom stereocenters. The summed E-state index contributed by atoms with van der Waals surface area (Å²) in [7, 11) is 1.57. The van der Waals surface area contributed by atoms with Crippen LogP contribution in [0, 0.1) is 5.82 Å². The molecule has 128 valence electrons. The second-order valence-corrected chi connectivity index (χ2v) is 5.27. The molecule has 1 amide bonds.